The molecule has 27 heavy (non-hydrogen) atoms. The van der Waals surface area contributed by atoms with Crippen LogP contribution in [0.25, 0.3) is 11.0 Å². The molecule has 1 aromatic carbocycles. The van der Waals surface area contributed by atoms with Crippen LogP contribution in [0.2, 0.25) is 0 Å². The molecular formula is C20H22N4O3. The third kappa shape index (κ3) is 3.67. The molecule has 7 heteroatoms. The fraction of sp³-hybridized carbons (Fsp3) is 0.300. The van der Waals surface area contributed by atoms with Crippen molar-refractivity contribution in [2.24, 2.45) is 7.05 Å². The monoisotopic (exact) mass is 366 g/mol. The molecule has 0 spiro atoms. The lowest BCUT2D eigenvalue weighted by Crippen LogP contribution is -2.31. The number of rotatable bonds is 5. The third-order valence-corrected chi connectivity index (χ3v) is 4.59. The van der Waals surface area contributed by atoms with Crippen molar-refractivity contribution >= 4 is 22.9 Å². The van der Waals surface area contributed by atoms with Crippen LogP contribution < -0.4 is 5.32 Å². The zero-order valence-corrected chi connectivity index (χ0v) is 15.8. The van der Waals surface area contributed by atoms with Crippen molar-refractivity contribution in [3.63, 3.8) is 0 Å². The molecule has 0 saturated heterocycles. The van der Waals surface area contributed by atoms with E-state index in [0.717, 1.165) is 11.1 Å². The largest absolute Gasteiger partial charge is 0.481 e. The third-order valence-electron chi connectivity index (χ3n) is 4.59. The topological polar surface area (TPSA) is 97.1 Å². The van der Waals surface area contributed by atoms with Crippen LogP contribution in [0, 0.1) is 20.8 Å². The standard InChI is InChI=1S/C20H22N4O3/c1-11-7-5-6-8-14(11)16(10-17(25)26)22-20(27)15-9-12(2)21-19-18(15)13(3)23-24(19)4/h5-9,16H,10H2,1-4H3,(H,22,27)(H,25,26). The molecule has 0 fully saturated rings. The Morgan fingerprint density at radius 3 is 2.59 bits per heavy atom. The number of pyridine rings is 1. The number of aryl methyl sites for hydroxylation is 4. The number of aromatic nitrogens is 3. The first-order valence-corrected chi connectivity index (χ1v) is 8.67. The molecule has 7 nitrogen and oxygen atoms in total. The number of carboxylic acids is 1. The normalized spacial score (nSPS) is 12.1. The van der Waals surface area contributed by atoms with Gasteiger partial charge in [0.15, 0.2) is 5.65 Å². The number of hydrogen-bond acceptors (Lipinski definition) is 4. The lowest BCUT2D eigenvalue weighted by atomic mass is 9.98. The number of fused-ring (bicyclic) bond motifs is 1. The Labute approximate surface area is 157 Å². The van der Waals surface area contributed by atoms with Crippen molar-refractivity contribution in [1.29, 1.82) is 0 Å². The van der Waals surface area contributed by atoms with Crippen LogP contribution in [0.3, 0.4) is 0 Å². The minimum Gasteiger partial charge on any atom is -0.481 e. The first kappa shape index (κ1) is 18.6. The van der Waals surface area contributed by atoms with E-state index in [9.17, 15) is 14.7 Å². The molecule has 3 aromatic rings. The maximum Gasteiger partial charge on any atom is 0.305 e. The van der Waals surface area contributed by atoms with E-state index in [-0.39, 0.29) is 12.3 Å². The Kier molecular flexibility index (Phi) is 4.94. The van der Waals surface area contributed by atoms with Gasteiger partial charge in [0, 0.05) is 12.7 Å². The molecule has 2 heterocycles. The van der Waals surface area contributed by atoms with Crippen molar-refractivity contribution in [3.05, 3.63) is 58.4 Å². The fourth-order valence-corrected chi connectivity index (χ4v) is 3.38. The summed E-state index contributed by atoms with van der Waals surface area (Å²) in [5.41, 5.74) is 4.20. The molecule has 0 aliphatic carbocycles. The van der Waals surface area contributed by atoms with Gasteiger partial charge in [-0.3, -0.25) is 14.3 Å². The first-order chi connectivity index (χ1) is 12.8. The molecule has 1 amide bonds. The second-order valence-electron chi connectivity index (χ2n) is 6.70. The maximum atomic E-state index is 13.1. The summed E-state index contributed by atoms with van der Waals surface area (Å²) in [7, 11) is 1.78. The van der Waals surface area contributed by atoms with E-state index in [0.29, 0.717) is 28.0 Å². The van der Waals surface area contributed by atoms with Crippen molar-refractivity contribution in [1.82, 2.24) is 20.1 Å². The van der Waals surface area contributed by atoms with Gasteiger partial charge in [0.1, 0.15) is 0 Å². The molecule has 0 bridgehead atoms. The van der Waals surface area contributed by atoms with E-state index in [1.807, 2.05) is 45.0 Å². The number of benzene rings is 1. The van der Waals surface area contributed by atoms with Crippen molar-refractivity contribution in [2.45, 2.75) is 33.2 Å². The number of carboxylic acid groups (broad SMARTS) is 1. The second-order valence-corrected chi connectivity index (χ2v) is 6.70. The number of carbonyl (C=O) groups excluding carboxylic acids is 1. The van der Waals surface area contributed by atoms with E-state index in [2.05, 4.69) is 15.4 Å². The number of carbonyl (C=O) groups is 2. The molecule has 0 aliphatic rings. The van der Waals surface area contributed by atoms with E-state index in [1.54, 1.807) is 17.8 Å². The Hall–Kier alpha value is -3.22. The van der Waals surface area contributed by atoms with Gasteiger partial charge in [-0.2, -0.15) is 5.10 Å². The van der Waals surface area contributed by atoms with Gasteiger partial charge in [-0.25, -0.2) is 4.98 Å². The molecule has 0 radical (unpaired) electrons. The van der Waals surface area contributed by atoms with Crippen LogP contribution in [0.5, 0.6) is 0 Å². The SMILES string of the molecule is Cc1cc(C(=O)NC(CC(=O)O)c2ccccc2C)c2c(C)nn(C)c2n1. The van der Waals surface area contributed by atoms with Crippen molar-refractivity contribution < 1.29 is 14.7 Å². The van der Waals surface area contributed by atoms with Crippen LogP contribution in [0.15, 0.2) is 30.3 Å². The summed E-state index contributed by atoms with van der Waals surface area (Å²) in [5.74, 6) is -1.31. The number of nitrogens with one attached hydrogen (secondary N) is 1. The van der Waals surface area contributed by atoms with Gasteiger partial charge < -0.3 is 10.4 Å². The molecule has 3 rings (SSSR count). The van der Waals surface area contributed by atoms with E-state index >= 15 is 0 Å². The highest BCUT2D eigenvalue weighted by Gasteiger charge is 2.23. The highest BCUT2D eigenvalue weighted by Crippen LogP contribution is 2.25. The predicted octanol–water partition coefficient (Wildman–Crippen LogP) is 2.84. The fourth-order valence-electron chi connectivity index (χ4n) is 3.38. The van der Waals surface area contributed by atoms with Gasteiger partial charge in [-0.05, 0) is 38.0 Å². The van der Waals surface area contributed by atoms with Gasteiger partial charge in [0.05, 0.1) is 29.1 Å². The molecule has 0 saturated carbocycles. The molecule has 0 aliphatic heterocycles. The van der Waals surface area contributed by atoms with Crippen molar-refractivity contribution in [2.75, 3.05) is 0 Å². The van der Waals surface area contributed by atoms with Crippen LogP contribution in [-0.2, 0) is 11.8 Å². The zero-order valence-electron chi connectivity index (χ0n) is 15.8. The number of nitrogens with zero attached hydrogens (tertiary/aromatic N) is 3. The summed E-state index contributed by atoms with van der Waals surface area (Å²) < 4.78 is 1.64. The van der Waals surface area contributed by atoms with Gasteiger partial charge in [-0.1, -0.05) is 24.3 Å². The zero-order chi connectivity index (χ0) is 19.7. The van der Waals surface area contributed by atoms with Crippen LogP contribution in [0.4, 0.5) is 0 Å². The van der Waals surface area contributed by atoms with E-state index in [4.69, 9.17) is 0 Å². The van der Waals surface area contributed by atoms with Crippen LogP contribution >= 0.6 is 0 Å². The summed E-state index contributed by atoms with van der Waals surface area (Å²) in [6.45, 7) is 5.54. The Bertz CT molecular complexity index is 1040. The van der Waals surface area contributed by atoms with Gasteiger partial charge in [0.2, 0.25) is 0 Å². The first-order valence-electron chi connectivity index (χ1n) is 8.67. The molecule has 2 aromatic heterocycles. The minimum atomic E-state index is -0.975. The molecule has 2 N–H and O–H groups in total. The Morgan fingerprint density at radius 2 is 1.93 bits per heavy atom. The lowest BCUT2D eigenvalue weighted by molar-refractivity contribution is -0.137. The summed E-state index contributed by atoms with van der Waals surface area (Å²) >= 11 is 0. The van der Waals surface area contributed by atoms with Gasteiger partial charge >= 0.3 is 5.97 Å². The Morgan fingerprint density at radius 1 is 1.22 bits per heavy atom. The average molecular weight is 366 g/mol. The quantitative estimate of drug-likeness (QED) is 0.724. The van der Waals surface area contributed by atoms with Gasteiger partial charge in [0.25, 0.3) is 5.91 Å². The summed E-state index contributed by atoms with van der Waals surface area (Å²) in [4.78, 5) is 28.9. The highest BCUT2D eigenvalue weighted by atomic mass is 16.4. The summed E-state index contributed by atoms with van der Waals surface area (Å²) in [6.07, 6.45) is -0.199. The van der Waals surface area contributed by atoms with Crippen LogP contribution in [-0.4, -0.2) is 31.7 Å². The van der Waals surface area contributed by atoms with E-state index in [1.165, 1.54) is 0 Å². The highest BCUT2D eigenvalue weighted by molar-refractivity contribution is 6.06. The summed E-state index contributed by atoms with van der Waals surface area (Å²) in [5, 5.41) is 17.2. The average Bonchev–Trinajstić information content (AvgIpc) is 2.87. The predicted molar refractivity (Wildman–Crippen MR) is 102 cm³/mol. The number of hydrogen-bond donors (Lipinski definition) is 2. The van der Waals surface area contributed by atoms with Gasteiger partial charge in [-0.15, -0.1) is 0 Å². The molecule has 1 atom stereocenters. The Balaban J connectivity index is 2.03. The number of amides is 1. The van der Waals surface area contributed by atoms with Crippen LogP contribution in [0.1, 0.15) is 45.3 Å². The van der Waals surface area contributed by atoms with E-state index < -0.39 is 12.0 Å². The van der Waals surface area contributed by atoms with Crippen molar-refractivity contribution in [3.8, 4) is 0 Å². The minimum absolute atomic E-state index is 0.199. The summed E-state index contributed by atoms with van der Waals surface area (Å²) in [6, 6.07) is 8.54. The maximum absolute atomic E-state index is 13.1. The number of aliphatic carboxylic acids is 1. The lowest BCUT2D eigenvalue weighted by Gasteiger charge is -2.20. The molecular weight excluding hydrogens is 344 g/mol. The smallest absolute Gasteiger partial charge is 0.305 e. The second kappa shape index (κ2) is 7.19. The molecule has 1 unspecified atom stereocenters. The molecule has 140 valence electrons.